The normalized spacial score (nSPS) is 11.1. The van der Waals surface area contributed by atoms with Crippen molar-refractivity contribution < 1.29 is 13.2 Å². The fraction of sp³-hybridized carbons (Fsp3) is 0.278. The molecule has 0 spiro atoms. The molecule has 0 fully saturated rings. The number of anilines is 1. The second-order valence-electron chi connectivity index (χ2n) is 5.66. The largest absolute Gasteiger partial charge is 0.348 e. The quantitative estimate of drug-likeness (QED) is 0.731. The van der Waals surface area contributed by atoms with E-state index in [2.05, 4.69) is 10.0 Å². The highest BCUT2D eigenvalue weighted by atomic mass is 35.5. The summed E-state index contributed by atoms with van der Waals surface area (Å²) in [4.78, 5) is 12.2. The van der Waals surface area contributed by atoms with Crippen LogP contribution in [0.1, 0.15) is 35.7 Å². The van der Waals surface area contributed by atoms with Crippen LogP contribution < -0.4 is 10.0 Å². The van der Waals surface area contributed by atoms with Crippen molar-refractivity contribution in [1.82, 2.24) is 5.32 Å². The Kier molecular flexibility index (Phi) is 6.84. The van der Waals surface area contributed by atoms with Crippen LogP contribution in [0.4, 0.5) is 5.69 Å². The third-order valence-electron chi connectivity index (χ3n) is 3.53. The number of hydrogen-bond acceptors (Lipinski definition) is 3. The first-order chi connectivity index (χ1) is 11.9. The van der Waals surface area contributed by atoms with Crippen LogP contribution in [0.2, 0.25) is 5.02 Å². The molecule has 0 heterocycles. The maximum absolute atomic E-state index is 12.2. The fourth-order valence-electron chi connectivity index (χ4n) is 2.19. The van der Waals surface area contributed by atoms with Gasteiger partial charge in [-0.05, 0) is 48.4 Å². The van der Waals surface area contributed by atoms with Crippen LogP contribution >= 0.6 is 11.6 Å². The van der Waals surface area contributed by atoms with Gasteiger partial charge in [0.1, 0.15) is 0 Å². The van der Waals surface area contributed by atoms with Gasteiger partial charge in [-0.3, -0.25) is 9.52 Å². The molecule has 134 valence electrons. The van der Waals surface area contributed by atoms with Gasteiger partial charge in [-0.2, -0.15) is 0 Å². The molecule has 0 bridgehead atoms. The predicted molar refractivity (Wildman–Crippen MR) is 101 cm³/mol. The summed E-state index contributed by atoms with van der Waals surface area (Å²) in [6.45, 7) is 2.30. The SMILES string of the molecule is CCCCS(=O)(=O)Nc1ccc(C(=O)NCc2cccc(Cl)c2)cc1. The second kappa shape index (κ2) is 8.87. The van der Waals surface area contributed by atoms with E-state index in [4.69, 9.17) is 11.6 Å². The summed E-state index contributed by atoms with van der Waals surface area (Å²) < 4.78 is 26.2. The second-order valence-corrected chi connectivity index (χ2v) is 7.94. The molecule has 0 saturated carbocycles. The Balaban J connectivity index is 1.93. The van der Waals surface area contributed by atoms with Crippen LogP contribution in [0.3, 0.4) is 0 Å². The maximum atomic E-state index is 12.2. The summed E-state index contributed by atoms with van der Waals surface area (Å²) in [5.41, 5.74) is 1.81. The van der Waals surface area contributed by atoms with Crippen LogP contribution in [-0.4, -0.2) is 20.1 Å². The van der Waals surface area contributed by atoms with Crippen molar-refractivity contribution >= 4 is 33.2 Å². The van der Waals surface area contributed by atoms with Gasteiger partial charge in [0.05, 0.1) is 5.75 Å². The molecule has 2 rings (SSSR count). The summed E-state index contributed by atoms with van der Waals surface area (Å²) in [6.07, 6.45) is 1.42. The van der Waals surface area contributed by atoms with E-state index in [0.717, 1.165) is 12.0 Å². The molecule has 0 aromatic heterocycles. The van der Waals surface area contributed by atoms with Gasteiger partial charge >= 0.3 is 0 Å². The van der Waals surface area contributed by atoms with E-state index in [-0.39, 0.29) is 11.7 Å². The minimum absolute atomic E-state index is 0.0887. The van der Waals surface area contributed by atoms with E-state index in [0.29, 0.717) is 29.2 Å². The predicted octanol–water partition coefficient (Wildman–Crippen LogP) is 3.81. The Bertz CT molecular complexity index is 820. The van der Waals surface area contributed by atoms with E-state index in [1.54, 1.807) is 36.4 Å². The van der Waals surface area contributed by atoms with E-state index in [9.17, 15) is 13.2 Å². The maximum Gasteiger partial charge on any atom is 0.251 e. The third-order valence-corrected chi connectivity index (χ3v) is 5.14. The number of hydrogen-bond donors (Lipinski definition) is 2. The molecule has 25 heavy (non-hydrogen) atoms. The van der Waals surface area contributed by atoms with Crippen molar-refractivity contribution in [2.45, 2.75) is 26.3 Å². The highest BCUT2D eigenvalue weighted by Crippen LogP contribution is 2.13. The smallest absolute Gasteiger partial charge is 0.251 e. The van der Waals surface area contributed by atoms with Crippen molar-refractivity contribution in [3.63, 3.8) is 0 Å². The van der Waals surface area contributed by atoms with Gasteiger partial charge in [0.2, 0.25) is 10.0 Å². The molecule has 0 aliphatic heterocycles. The average molecular weight is 381 g/mol. The lowest BCUT2D eigenvalue weighted by molar-refractivity contribution is 0.0951. The Labute approximate surface area is 153 Å². The van der Waals surface area contributed by atoms with Gasteiger partial charge in [0, 0.05) is 22.8 Å². The number of nitrogens with one attached hydrogen (secondary N) is 2. The number of carbonyl (C=O) groups excluding carboxylic acids is 1. The summed E-state index contributed by atoms with van der Waals surface area (Å²) in [5.74, 6) is -0.147. The molecule has 0 saturated heterocycles. The molecule has 2 aromatic rings. The van der Waals surface area contributed by atoms with E-state index in [1.165, 1.54) is 0 Å². The molecule has 2 aromatic carbocycles. The Morgan fingerprint density at radius 1 is 1.12 bits per heavy atom. The first kappa shape index (κ1) is 19.3. The zero-order valence-corrected chi connectivity index (χ0v) is 15.5. The van der Waals surface area contributed by atoms with Gasteiger partial charge in [-0.15, -0.1) is 0 Å². The lowest BCUT2D eigenvalue weighted by Crippen LogP contribution is -2.22. The fourth-order valence-corrected chi connectivity index (χ4v) is 3.66. The lowest BCUT2D eigenvalue weighted by Gasteiger charge is -2.09. The molecule has 1 amide bonds. The average Bonchev–Trinajstić information content (AvgIpc) is 2.58. The number of carbonyl (C=O) groups is 1. The molecule has 0 aliphatic rings. The van der Waals surface area contributed by atoms with E-state index < -0.39 is 10.0 Å². The standard InChI is InChI=1S/C18H21ClN2O3S/c1-2-3-11-25(23,24)21-17-9-7-15(8-10-17)18(22)20-13-14-5-4-6-16(19)12-14/h4-10,12,21H,2-3,11,13H2,1H3,(H,20,22). The third kappa shape index (κ3) is 6.40. The van der Waals surface area contributed by atoms with Gasteiger partial charge in [0.15, 0.2) is 0 Å². The number of unbranched alkanes of at least 4 members (excludes halogenated alkanes) is 1. The first-order valence-corrected chi connectivity index (χ1v) is 10.1. The van der Waals surface area contributed by atoms with E-state index in [1.807, 2.05) is 19.1 Å². The number of benzene rings is 2. The van der Waals surface area contributed by atoms with Gasteiger partial charge in [-0.25, -0.2) is 8.42 Å². The summed E-state index contributed by atoms with van der Waals surface area (Å²) >= 11 is 5.91. The molecule has 7 heteroatoms. The number of amides is 1. The van der Waals surface area contributed by atoms with Crippen molar-refractivity contribution in [2.24, 2.45) is 0 Å². The lowest BCUT2D eigenvalue weighted by atomic mass is 10.2. The van der Waals surface area contributed by atoms with Crippen LogP contribution in [-0.2, 0) is 16.6 Å². The molecular formula is C18H21ClN2O3S. The Morgan fingerprint density at radius 3 is 2.48 bits per heavy atom. The van der Waals surface area contributed by atoms with Crippen LogP contribution in [0.15, 0.2) is 48.5 Å². The minimum atomic E-state index is -3.34. The zero-order valence-electron chi connectivity index (χ0n) is 14.0. The first-order valence-electron chi connectivity index (χ1n) is 8.03. The van der Waals surface area contributed by atoms with Crippen molar-refractivity contribution in [3.05, 3.63) is 64.7 Å². The zero-order chi connectivity index (χ0) is 18.3. The number of rotatable bonds is 8. The summed E-state index contributed by atoms with van der Waals surface area (Å²) in [7, 11) is -3.34. The Morgan fingerprint density at radius 2 is 1.84 bits per heavy atom. The highest BCUT2D eigenvalue weighted by Gasteiger charge is 2.10. The number of halogens is 1. The molecule has 5 nitrogen and oxygen atoms in total. The topological polar surface area (TPSA) is 75.3 Å². The van der Waals surface area contributed by atoms with Gasteiger partial charge in [0.25, 0.3) is 5.91 Å². The molecule has 0 radical (unpaired) electrons. The van der Waals surface area contributed by atoms with Crippen molar-refractivity contribution in [3.8, 4) is 0 Å². The summed E-state index contributed by atoms with van der Waals surface area (Å²) in [5, 5.41) is 3.42. The van der Waals surface area contributed by atoms with Gasteiger partial charge in [-0.1, -0.05) is 37.1 Å². The molecular weight excluding hydrogens is 360 g/mol. The molecule has 0 unspecified atom stereocenters. The van der Waals surface area contributed by atoms with Crippen molar-refractivity contribution in [1.29, 1.82) is 0 Å². The van der Waals surface area contributed by atoms with Crippen LogP contribution in [0.25, 0.3) is 0 Å². The minimum Gasteiger partial charge on any atom is -0.348 e. The summed E-state index contributed by atoms with van der Waals surface area (Å²) in [6, 6.07) is 13.6. The Hall–Kier alpha value is -2.05. The van der Waals surface area contributed by atoms with Gasteiger partial charge < -0.3 is 5.32 Å². The monoisotopic (exact) mass is 380 g/mol. The van der Waals surface area contributed by atoms with E-state index >= 15 is 0 Å². The highest BCUT2D eigenvalue weighted by molar-refractivity contribution is 7.92. The number of sulfonamides is 1. The van der Waals surface area contributed by atoms with Crippen LogP contribution in [0.5, 0.6) is 0 Å². The molecule has 0 atom stereocenters. The van der Waals surface area contributed by atoms with Crippen molar-refractivity contribution in [2.75, 3.05) is 10.5 Å². The molecule has 0 aliphatic carbocycles. The molecule has 2 N–H and O–H groups in total. The van der Waals surface area contributed by atoms with Crippen LogP contribution in [0, 0.1) is 0 Å².